The highest BCUT2D eigenvalue weighted by atomic mass is 16.6. The molecule has 8 nitrogen and oxygen atoms in total. The van der Waals surface area contributed by atoms with Gasteiger partial charge >= 0.3 is 6.09 Å². The number of fused-ring (bicyclic) bond motifs is 2. The molecule has 2 aliphatic heterocycles. The molecule has 4 N–H and O–H groups in total. The summed E-state index contributed by atoms with van der Waals surface area (Å²) in [7, 11) is 0. The van der Waals surface area contributed by atoms with Crippen LogP contribution in [0.2, 0.25) is 0 Å². The van der Waals surface area contributed by atoms with Crippen molar-refractivity contribution in [3.8, 4) is 0 Å². The lowest BCUT2D eigenvalue weighted by Gasteiger charge is -2.29. The summed E-state index contributed by atoms with van der Waals surface area (Å²) in [5.41, 5.74) is 6.49. The molecular weight excluding hydrogens is 384 g/mol. The molecule has 162 valence electrons. The van der Waals surface area contributed by atoms with Gasteiger partial charge in [-0.2, -0.15) is 0 Å². The Balaban J connectivity index is 1.53. The maximum absolute atomic E-state index is 13.4. The van der Waals surface area contributed by atoms with Crippen molar-refractivity contribution >= 4 is 23.6 Å². The molecule has 2 heterocycles. The van der Waals surface area contributed by atoms with Crippen LogP contribution in [0.15, 0.2) is 24.3 Å². The molecule has 1 saturated carbocycles. The van der Waals surface area contributed by atoms with Gasteiger partial charge in [-0.25, -0.2) is 4.79 Å². The van der Waals surface area contributed by atoms with Crippen LogP contribution in [0.4, 0.5) is 10.5 Å². The van der Waals surface area contributed by atoms with Crippen molar-refractivity contribution in [3.63, 3.8) is 0 Å². The van der Waals surface area contributed by atoms with E-state index in [1.54, 1.807) is 25.7 Å². The van der Waals surface area contributed by atoms with Crippen molar-refractivity contribution in [1.82, 2.24) is 10.2 Å². The number of nitrogens with two attached hydrogens (primary N) is 1. The number of amides is 3. The van der Waals surface area contributed by atoms with Gasteiger partial charge in [-0.05, 0) is 44.7 Å². The van der Waals surface area contributed by atoms with Crippen molar-refractivity contribution < 1.29 is 19.1 Å². The summed E-state index contributed by atoms with van der Waals surface area (Å²) in [5.74, 6) is 0.0276. The van der Waals surface area contributed by atoms with E-state index in [9.17, 15) is 14.4 Å². The van der Waals surface area contributed by atoms with Gasteiger partial charge < -0.3 is 26.0 Å². The second-order valence-electron chi connectivity index (χ2n) is 9.70. The molecule has 0 bridgehead atoms. The number of para-hydroxylation sites is 1. The van der Waals surface area contributed by atoms with Gasteiger partial charge in [0.25, 0.3) is 0 Å². The molecule has 8 heteroatoms. The summed E-state index contributed by atoms with van der Waals surface area (Å²) < 4.78 is 5.35. The van der Waals surface area contributed by atoms with Crippen LogP contribution >= 0.6 is 0 Å². The van der Waals surface area contributed by atoms with E-state index in [2.05, 4.69) is 10.6 Å². The van der Waals surface area contributed by atoms with Crippen LogP contribution in [0.3, 0.4) is 0 Å². The van der Waals surface area contributed by atoms with Crippen molar-refractivity contribution in [3.05, 3.63) is 29.8 Å². The third kappa shape index (κ3) is 3.88. The van der Waals surface area contributed by atoms with Crippen LogP contribution in [0, 0.1) is 5.92 Å². The van der Waals surface area contributed by atoms with E-state index in [0.717, 1.165) is 24.1 Å². The first-order chi connectivity index (χ1) is 14.1. The molecule has 1 spiro atoms. The minimum Gasteiger partial charge on any atom is -0.444 e. The predicted molar refractivity (Wildman–Crippen MR) is 112 cm³/mol. The van der Waals surface area contributed by atoms with E-state index in [1.807, 2.05) is 24.3 Å². The molecule has 1 aliphatic carbocycles. The highest BCUT2D eigenvalue weighted by Crippen LogP contribution is 2.45. The summed E-state index contributed by atoms with van der Waals surface area (Å²) in [5, 5.41) is 5.66. The number of carbonyl (C=O) groups is 3. The third-order valence-electron chi connectivity index (χ3n) is 6.06. The summed E-state index contributed by atoms with van der Waals surface area (Å²) >= 11 is 0. The fraction of sp³-hybridized carbons (Fsp3) is 0.591. The number of nitrogens with one attached hydrogen (secondary N) is 2. The number of benzene rings is 1. The molecule has 1 saturated heterocycles. The van der Waals surface area contributed by atoms with Gasteiger partial charge in [0.05, 0.1) is 11.6 Å². The molecule has 0 aromatic heterocycles. The second kappa shape index (κ2) is 7.27. The number of anilines is 1. The summed E-state index contributed by atoms with van der Waals surface area (Å²) in [6.45, 7) is 5.54. The SMILES string of the molecule is CC(C)(C)OC(=O)N[C@@H](CC1CC1)C(=O)N1C[C@]2(C[C@H]1N)C(=O)Nc1ccccc12. The van der Waals surface area contributed by atoms with Gasteiger partial charge in [0.15, 0.2) is 0 Å². The predicted octanol–water partition coefficient (Wildman–Crippen LogP) is 2.09. The van der Waals surface area contributed by atoms with Gasteiger partial charge in [-0.1, -0.05) is 31.0 Å². The Morgan fingerprint density at radius 1 is 1.33 bits per heavy atom. The topological polar surface area (TPSA) is 114 Å². The Morgan fingerprint density at radius 2 is 2.03 bits per heavy atom. The van der Waals surface area contributed by atoms with E-state index in [-0.39, 0.29) is 18.4 Å². The van der Waals surface area contributed by atoms with Crippen LogP contribution in [0.25, 0.3) is 0 Å². The Hall–Kier alpha value is -2.61. The lowest BCUT2D eigenvalue weighted by atomic mass is 9.80. The molecule has 3 atom stereocenters. The standard InChI is InChI=1S/C22H30N4O4/c1-21(2,3)30-20(29)25-16(10-13-8-9-13)18(27)26-12-22(11-17(26)23)14-6-4-5-7-15(14)24-19(22)28/h4-7,13,16-17H,8-12,23H2,1-3H3,(H,24,28)(H,25,29)/t16-,17-,22-/m0/s1. The van der Waals surface area contributed by atoms with Crippen LogP contribution < -0.4 is 16.4 Å². The van der Waals surface area contributed by atoms with E-state index in [4.69, 9.17) is 10.5 Å². The first-order valence-corrected chi connectivity index (χ1v) is 10.6. The molecule has 1 aromatic rings. The number of likely N-dealkylation sites (tertiary alicyclic amines) is 1. The molecule has 0 radical (unpaired) electrons. The zero-order valence-electron chi connectivity index (χ0n) is 17.7. The van der Waals surface area contributed by atoms with E-state index in [1.165, 1.54) is 0 Å². The average Bonchev–Trinajstić information content (AvgIpc) is 3.33. The lowest BCUT2D eigenvalue weighted by molar-refractivity contribution is -0.134. The normalized spacial score (nSPS) is 26.3. The zero-order valence-corrected chi connectivity index (χ0v) is 17.7. The average molecular weight is 415 g/mol. The number of nitrogens with zero attached hydrogens (tertiary/aromatic N) is 1. The molecule has 0 unspecified atom stereocenters. The van der Waals surface area contributed by atoms with Crippen molar-refractivity contribution in [1.29, 1.82) is 0 Å². The Labute approximate surface area is 176 Å². The molecule has 2 fully saturated rings. The zero-order chi connectivity index (χ0) is 21.7. The Bertz CT molecular complexity index is 876. The van der Waals surface area contributed by atoms with E-state index >= 15 is 0 Å². The summed E-state index contributed by atoms with van der Waals surface area (Å²) in [6, 6.07) is 6.81. The van der Waals surface area contributed by atoms with Crippen molar-refractivity contribution in [2.24, 2.45) is 11.7 Å². The van der Waals surface area contributed by atoms with E-state index < -0.39 is 29.3 Å². The first kappa shape index (κ1) is 20.7. The van der Waals surface area contributed by atoms with Crippen LogP contribution in [-0.2, 0) is 19.7 Å². The molecule has 3 amide bonds. The highest BCUT2D eigenvalue weighted by molar-refractivity contribution is 6.07. The van der Waals surface area contributed by atoms with Crippen LogP contribution in [0.5, 0.6) is 0 Å². The fourth-order valence-corrected chi connectivity index (χ4v) is 4.47. The van der Waals surface area contributed by atoms with Gasteiger partial charge in [0.2, 0.25) is 11.8 Å². The van der Waals surface area contributed by atoms with Crippen LogP contribution in [0.1, 0.15) is 52.0 Å². The quantitative estimate of drug-likeness (QED) is 0.698. The number of hydrogen-bond donors (Lipinski definition) is 3. The number of hydrogen-bond acceptors (Lipinski definition) is 5. The van der Waals surface area contributed by atoms with Crippen LogP contribution in [-0.4, -0.2) is 47.2 Å². The Kier molecular flexibility index (Phi) is 5.00. The fourth-order valence-electron chi connectivity index (χ4n) is 4.47. The molecule has 4 rings (SSSR count). The third-order valence-corrected chi connectivity index (χ3v) is 6.06. The maximum Gasteiger partial charge on any atom is 0.408 e. The number of alkyl carbamates (subject to hydrolysis) is 1. The minimum absolute atomic E-state index is 0.131. The van der Waals surface area contributed by atoms with E-state index in [0.29, 0.717) is 18.8 Å². The Morgan fingerprint density at radius 3 is 2.70 bits per heavy atom. The lowest BCUT2D eigenvalue weighted by Crippen LogP contribution is -2.53. The smallest absolute Gasteiger partial charge is 0.408 e. The van der Waals surface area contributed by atoms with Crippen molar-refractivity contribution in [2.75, 3.05) is 11.9 Å². The highest BCUT2D eigenvalue weighted by Gasteiger charge is 2.55. The first-order valence-electron chi connectivity index (χ1n) is 10.6. The molecular formula is C22H30N4O4. The van der Waals surface area contributed by atoms with Gasteiger partial charge in [0.1, 0.15) is 11.6 Å². The number of rotatable bonds is 4. The van der Waals surface area contributed by atoms with Gasteiger partial charge in [-0.15, -0.1) is 0 Å². The number of ether oxygens (including phenoxy) is 1. The summed E-state index contributed by atoms with van der Waals surface area (Å²) in [6.07, 6.45) is 1.78. The largest absolute Gasteiger partial charge is 0.444 e. The van der Waals surface area contributed by atoms with Crippen molar-refractivity contribution in [2.45, 2.75) is 69.7 Å². The molecule has 1 aromatic carbocycles. The molecule has 3 aliphatic rings. The maximum atomic E-state index is 13.4. The van der Waals surface area contributed by atoms with Gasteiger partial charge in [-0.3, -0.25) is 9.59 Å². The number of carbonyl (C=O) groups excluding carboxylic acids is 3. The second-order valence-corrected chi connectivity index (χ2v) is 9.70. The van der Waals surface area contributed by atoms with Gasteiger partial charge in [0, 0.05) is 18.7 Å². The summed E-state index contributed by atoms with van der Waals surface area (Å²) in [4.78, 5) is 40.2. The monoisotopic (exact) mass is 414 g/mol. The molecule has 30 heavy (non-hydrogen) atoms. The minimum atomic E-state index is -0.846.